The molecule has 3 rings (SSSR count). The maximum absolute atomic E-state index is 10.2. The molecule has 0 aliphatic carbocycles. The molecule has 0 aliphatic heterocycles. The predicted octanol–water partition coefficient (Wildman–Crippen LogP) is 2.55. The van der Waals surface area contributed by atoms with Crippen molar-refractivity contribution >= 4 is 16.3 Å². The van der Waals surface area contributed by atoms with Crippen LogP contribution in [0, 0.1) is 0 Å². The lowest BCUT2D eigenvalue weighted by Gasteiger charge is -2.09. The van der Waals surface area contributed by atoms with E-state index in [0.717, 1.165) is 22.0 Å². The van der Waals surface area contributed by atoms with Crippen molar-refractivity contribution in [3.05, 3.63) is 53.3 Å². The fraction of sp³-hybridized carbons (Fsp3) is 0.267. The largest absolute Gasteiger partial charge is 0.497 e. The summed E-state index contributed by atoms with van der Waals surface area (Å²) in [4.78, 5) is 5.45. The van der Waals surface area contributed by atoms with E-state index in [4.69, 9.17) is 4.74 Å². The summed E-state index contributed by atoms with van der Waals surface area (Å²) in [6.07, 6.45) is 4.72. The van der Waals surface area contributed by atoms with E-state index in [0.29, 0.717) is 12.8 Å². The quantitative estimate of drug-likeness (QED) is 0.785. The van der Waals surface area contributed by atoms with E-state index >= 15 is 0 Å². The van der Waals surface area contributed by atoms with Crippen LogP contribution in [0.15, 0.2) is 42.0 Å². The molecular weight excluding hydrogens is 272 g/mol. The second-order valence-corrected chi connectivity index (χ2v) is 5.61. The van der Waals surface area contributed by atoms with Crippen LogP contribution in [0.1, 0.15) is 11.3 Å². The summed E-state index contributed by atoms with van der Waals surface area (Å²) in [5.74, 6) is 0.831. The van der Waals surface area contributed by atoms with E-state index in [1.54, 1.807) is 18.4 Å². The molecule has 0 aliphatic rings. The fourth-order valence-corrected chi connectivity index (χ4v) is 2.94. The summed E-state index contributed by atoms with van der Waals surface area (Å²) in [5, 5.41) is 12.2. The predicted molar refractivity (Wildman–Crippen MR) is 79.5 cm³/mol. The molecule has 1 aromatic carbocycles. The lowest BCUT2D eigenvalue weighted by Crippen LogP contribution is -2.14. The van der Waals surface area contributed by atoms with Gasteiger partial charge in [-0.25, -0.2) is 4.98 Å². The van der Waals surface area contributed by atoms with Gasteiger partial charge in [0.15, 0.2) is 4.96 Å². The van der Waals surface area contributed by atoms with Gasteiger partial charge in [-0.1, -0.05) is 12.1 Å². The molecule has 104 valence electrons. The van der Waals surface area contributed by atoms with Gasteiger partial charge in [-0.2, -0.15) is 0 Å². The Balaban J connectivity index is 1.63. The fourth-order valence-electron chi connectivity index (χ4n) is 2.22. The van der Waals surface area contributed by atoms with Gasteiger partial charge in [-0.3, -0.25) is 4.40 Å². The Kier molecular flexibility index (Phi) is 3.71. The van der Waals surface area contributed by atoms with Crippen molar-refractivity contribution in [3.63, 3.8) is 0 Å². The normalized spacial score (nSPS) is 12.7. The topological polar surface area (TPSA) is 46.8 Å². The molecule has 0 bridgehead atoms. The minimum absolute atomic E-state index is 0.423. The highest BCUT2D eigenvalue weighted by molar-refractivity contribution is 7.15. The number of methoxy groups -OCH3 is 1. The van der Waals surface area contributed by atoms with Crippen molar-refractivity contribution in [1.82, 2.24) is 9.38 Å². The summed E-state index contributed by atoms with van der Waals surface area (Å²) in [6, 6.07) is 7.78. The van der Waals surface area contributed by atoms with Crippen LogP contribution in [0.25, 0.3) is 4.96 Å². The van der Waals surface area contributed by atoms with Crippen LogP contribution >= 0.6 is 11.3 Å². The minimum atomic E-state index is -0.423. The standard InChI is InChI=1S/C15H16N2O2S/c1-19-14-4-2-11(3-5-14)8-13(18)9-12-10-17-6-7-20-15(17)16-12/h2-7,10,13,18H,8-9H2,1H3. The van der Waals surface area contributed by atoms with Crippen molar-refractivity contribution in [2.75, 3.05) is 7.11 Å². The van der Waals surface area contributed by atoms with Gasteiger partial charge in [0.1, 0.15) is 5.75 Å². The Morgan fingerprint density at radius 3 is 2.80 bits per heavy atom. The lowest BCUT2D eigenvalue weighted by molar-refractivity contribution is 0.174. The molecule has 2 heterocycles. The Bertz CT molecular complexity index is 659. The molecule has 0 spiro atoms. The first-order chi connectivity index (χ1) is 9.74. The first kappa shape index (κ1) is 13.1. The zero-order valence-electron chi connectivity index (χ0n) is 11.2. The molecule has 1 atom stereocenters. The monoisotopic (exact) mass is 288 g/mol. The van der Waals surface area contributed by atoms with Crippen molar-refractivity contribution in [3.8, 4) is 5.75 Å². The van der Waals surface area contributed by atoms with Gasteiger partial charge in [-0.05, 0) is 24.1 Å². The molecule has 0 fully saturated rings. The number of hydrogen-bond donors (Lipinski definition) is 1. The van der Waals surface area contributed by atoms with Crippen LogP contribution in [-0.4, -0.2) is 27.7 Å². The smallest absolute Gasteiger partial charge is 0.193 e. The number of fused-ring (bicyclic) bond motifs is 1. The highest BCUT2D eigenvalue weighted by atomic mass is 32.1. The average molecular weight is 288 g/mol. The summed E-state index contributed by atoms with van der Waals surface area (Å²) < 4.78 is 7.11. The summed E-state index contributed by atoms with van der Waals surface area (Å²) in [6.45, 7) is 0. The van der Waals surface area contributed by atoms with Crippen molar-refractivity contribution in [2.24, 2.45) is 0 Å². The zero-order chi connectivity index (χ0) is 13.9. The first-order valence-electron chi connectivity index (χ1n) is 6.46. The van der Waals surface area contributed by atoms with Gasteiger partial charge in [-0.15, -0.1) is 11.3 Å². The van der Waals surface area contributed by atoms with Gasteiger partial charge < -0.3 is 9.84 Å². The number of ether oxygens (including phenoxy) is 1. The third-order valence-corrected chi connectivity index (χ3v) is 3.99. The van der Waals surface area contributed by atoms with Crippen LogP contribution in [-0.2, 0) is 12.8 Å². The van der Waals surface area contributed by atoms with Crippen LogP contribution in [0.5, 0.6) is 5.75 Å². The molecule has 0 radical (unpaired) electrons. The molecule has 1 N–H and O–H groups in total. The number of aliphatic hydroxyl groups excluding tert-OH is 1. The van der Waals surface area contributed by atoms with Crippen LogP contribution in [0.2, 0.25) is 0 Å². The Morgan fingerprint density at radius 1 is 1.30 bits per heavy atom. The second-order valence-electron chi connectivity index (χ2n) is 4.74. The molecule has 2 aromatic heterocycles. The molecule has 0 saturated heterocycles. The van der Waals surface area contributed by atoms with Crippen molar-refractivity contribution in [2.45, 2.75) is 18.9 Å². The molecule has 4 nitrogen and oxygen atoms in total. The first-order valence-corrected chi connectivity index (χ1v) is 7.34. The summed E-state index contributed by atoms with van der Waals surface area (Å²) in [7, 11) is 1.65. The highest BCUT2D eigenvalue weighted by Gasteiger charge is 2.10. The van der Waals surface area contributed by atoms with Gasteiger partial charge >= 0.3 is 0 Å². The van der Waals surface area contributed by atoms with Crippen LogP contribution in [0.3, 0.4) is 0 Å². The maximum Gasteiger partial charge on any atom is 0.193 e. The molecular formula is C15H16N2O2S. The Morgan fingerprint density at radius 2 is 2.10 bits per heavy atom. The molecule has 0 saturated carbocycles. The third-order valence-electron chi connectivity index (χ3n) is 3.22. The van der Waals surface area contributed by atoms with Crippen molar-refractivity contribution < 1.29 is 9.84 Å². The van der Waals surface area contributed by atoms with Gasteiger partial charge in [0.05, 0.1) is 18.9 Å². The van der Waals surface area contributed by atoms with Crippen LogP contribution in [0.4, 0.5) is 0 Å². The molecule has 5 heteroatoms. The SMILES string of the molecule is COc1ccc(CC(O)Cc2cn3ccsc3n2)cc1. The number of thiazole rings is 1. The van der Waals surface area contributed by atoms with E-state index in [2.05, 4.69) is 4.98 Å². The minimum Gasteiger partial charge on any atom is -0.497 e. The Labute approximate surface area is 121 Å². The van der Waals surface area contributed by atoms with E-state index in [1.807, 2.05) is 46.4 Å². The average Bonchev–Trinajstić information content (AvgIpc) is 3.00. The molecule has 1 unspecified atom stereocenters. The number of rotatable bonds is 5. The lowest BCUT2D eigenvalue weighted by atomic mass is 10.0. The van der Waals surface area contributed by atoms with Crippen molar-refractivity contribution in [1.29, 1.82) is 0 Å². The number of nitrogens with zero attached hydrogens (tertiary/aromatic N) is 2. The number of aliphatic hydroxyl groups is 1. The summed E-state index contributed by atoms with van der Waals surface area (Å²) in [5.41, 5.74) is 2.03. The van der Waals surface area contributed by atoms with Gasteiger partial charge in [0.25, 0.3) is 0 Å². The molecule has 0 amide bonds. The Hall–Kier alpha value is -1.85. The highest BCUT2D eigenvalue weighted by Crippen LogP contribution is 2.16. The van der Waals surface area contributed by atoms with E-state index in [9.17, 15) is 5.11 Å². The molecule has 3 aromatic rings. The van der Waals surface area contributed by atoms with Gasteiger partial charge in [0, 0.05) is 24.2 Å². The number of aromatic nitrogens is 2. The second kappa shape index (κ2) is 5.64. The van der Waals surface area contributed by atoms with E-state index < -0.39 is 6.10 Å². The number of imidazole rings is 1. The third kappa shape index (κ3) is 2.84. The van der Waals surface area contributed by atoms with E-state index in [1.165, 1.54) is 0 Å². The number of hydrogen-bond acceptors (Lipinski definition) is 4. The van der Waals surface area contributed by atoms with E-state index in [-0.39, 0.29) is 0 Å². The van der Waals surface area contributed by atoms with Crippen LogP contribution < -0.4 is 4.74 Å². The zero-order valence-corrected chi connectivity index (χ0v) is 12.0. The summed E-state index contributed by atoms with van der Waals surface area (Å²) >= 11 is 1.60. The molecule has 20 heavy (non-hydrogen) atoms. The maximum atomic E-state index is 10.2. The number of benzene rings is 1. The van der Waals surface area contributed by atoms with Gasteiger partial charge in [0.2, 0.25) is 0 Å².